The predicted octanol–water partition coefficient (Wildman–Crippen LogP) is 3.30. The third-order valence-corrected chi connectivity index (χ3v) is 13.7. The van der Waals surface area contributed by atoms with Gasteiger partial charge in [0, 0.05) is 144 Å². The zero-order chi connectivity index (χ0) is 45.5. The van der Waals surface area contributed by atoms with Gasteiger partial charge in [0.2, 0.25) is 0 Å². The highest BCUT2D eigenvalue weighted by Crippen LogP contribution is 2.12. The van der Waals surface area contributed by atoms with Gasteiger partial charge in [-0.25, -0.2) is 0 Å². The Morgan fingerprint density at radius 3 is 1.03 bits per heavy atom. The van der Waals surface area contributed by atoms with Gasteiger partial charge in [0.15, 0.2) is 0 Å². The summed E-state index contributed by atoms with van der Waals surface area (Å²) in [5, 5.41) is 0. The lowest BCUT2D eigenvalue weighted by molar-refractivity contribution is 0.0264. The number of ether oxygens (including phenoxy) is 6. The van der Waals surface area contributed by atoms with Crippen LogP contribution in [0.2, 0.25) is 0 Å². The van der Waals surface area contributed by atoms with Crippen molar-refractivity contribution >= 4 is 0 Å². The van der Waals surface area contributed by atoms with Gasteiger partial charge in [-0.15, -0.1) is 0 Å². The Morgan fingerprint density at radius 2 is 0.636 bits per heavy atom. The van der Waals surface area contributed by atoms with Crippen LogP contribution in [0.5, 0.6) is 0 Å². The average molecular weight is 923 g/mol. The number of aryl methyl sites for hydroxylation is 1. The van der Waals surface area contributed by atoms with Crippen LogP contribution in [0, 0.1) is 0 Å². The lowest BCUT2D eigenvalue weighted by Gasteiger charge is -2.31. The lowest BCUT2D eigenvalue weighted by Crippen LogP contribution is -2.43. The van der Waals surface area contributed by atoms with E-state index in [0.29, 0.717) is 0 Å². The van der Waals surface area contributed by atoms with Crippen molar-refractivity contribution in [1.29, 1.82) is 0 Å². The van der Waals surface area contributed by atoms with Crippen LogP contribution >= 0.6 is 0 Å². The van der Waals surface area contributed by atoms with Crippen molar-refractivity contribution in [1.82, 2.24) is 39.2 Å². The maximum absolute atomic E-state index is 6.40. The monoisotopic (exact) mass is 923 g/mol. The molecule has 2 aromatic carbocycles. The summed E-state index contributed by atoms with van der Waals surface area (Å²) in [6.07, 6.45) is 3.36. The van der Waals surface area contributed by atoms with Gasteiger partial charge in [-0.1, -0.05) is 61.5 Å². The van der Waals surface area contributed by atoms with Crippen molar-refractivity contribution in [3.63, 3.8) is 0 Å². The fourth-order valence-electron chi connectivity index (χ4n) is 9.35. The molecule has 0 spiro atoms. The van der Waals surface area contributed by atoms with Gasteiger partial charge in [-0.3, -0.25) is 39.2 Å². The quantitative estimate of drug-likeness (QED) is 0.328. The van der Waals surface area contributed by atoms with Crippen LogP contribution in [-0.4, -0.2) is 262 Å². The number of benzene rings is 2. The van der Waals surface area contributed by atoms with Crippen LogP contribution in [-0.2, 0) is 47.9 Å². The molecule has 374 valence electrons. The molecule has 6 aliphatic heterocycles. The summed E-state index contributed by atoms with van der Waals surface area (Å²) < 4.78 is 37.5. The second kappa shape index (κ2) is 33.4. The minimum Gasteiger partial charge on any atom is -0.379 e. The molecule has 0 unspecified atom stereocenters. The number of nitrogens with zero attached hydrogens (tertiary/aromatic N) is 8. The van der Waals surface area contributed by atoms with E-state index in [1.54, 1.807) is 0 Å². The average Bonchev–Trinajstić information content (AvgIpc) is 3.32. The van der Waals surface area contributed by atoms with E-state index in [4.69, 9.17) is 28.4 Å². The molecule has 66 heavy (non-hydrogen) atoms. The first kappa shape index (κ1) is 53.2. The molecule has 2 aromatic rings. The molecule has 6 aliphatic rings. The minimum absolute atomic E-state index is 0.729. The summed E-state index contributed by atoms with van der Waals surface area (Å²) >= 11 is 0. The molecular formula is C52H90N8O6. The molecule has 0 atom stereocenters. The number of hydrogen-bond acceptors (Lipinski definition) is 14. The van der Waals surface area contributed by atoms with Gasteiger partial charge in [0.05, 0.1) is 79.3 Å². The maximum Gasteiger partial charge on any atom is 0.0594 e. The Bertz CT molecular complexity index is 1460. The molecule has 6 heterocycles. The highest BCUT2D eigenvalue weighted by atomic mass is 16.5. The van der Waals surface area contributed by atoms with E-state index in [1.807, 2.05) is 0 Å². The zero-order valence-electron chi connectivity index (χ0n) is 41.3. The molecule has 14 nitrogen and oxygen atoms in total. The van der Waals surface area contributed by atoms with Crippen LogP contribution in [0.25, 0.3) is 0 Å². The summed E-state index contributed by atoms with van der Waals surface area (Å²) in [6.45, 7) is 34.9. The van der Waals surface area contributed by atoms with Gasteiger partial charge in [-0.05, 0) is 49.0 Å². The molecule has 14 heteroatoms. The van der Waals surface area contributed by atoms with Gasteiger partial charge in [-0.2, -0.15) is 0 Å². The van der Waals surface area contributed by atoms with Crippen LogP contribution in [0.15, 0.2) is 54.6 Å². The third-order valence-electron chi connectivity index (χ3n) is 13.7. The summed E-state index contributed by atoms with van der Waals surface area (Å²) in [5.41, 5.74) is 4.12. The smallest absolute Gasteiger partial charge is 0.0594 e. The Hall–Kier alpha value is -2.12. The van der Waals surface area contributed by atoms with Crippen molar-refractivity contribution in [2.75, 3.05) is 223 Å². The van der Waals surface area contributed by atoms with E-state index in [2.05, 4.69) is 101 Å². The van der Waals surface area contributed by atoms with E-state index < -0.39 is 0 Å². The topological polar surface area (TPSA) is 81.3 Å². The first-order chi connectivity index (χ1) is 32.7. The van der Waals surface area contributed by atoms with E-state index in [0.717, 1.165) is 256 Å². The molecule has 8 rings (SSSR count). The standard InChI is InChI=1S/C52H90N8O6/c1-2-14-53-16-18-55-26-38-62-40-28-56(29-41-63-39-27-55)19-17-54(25-37-61-36-24-53)15-6-9-50-10-12-52(13-11-50)49-60-23-21-58-32-44-64-42-30-57(31-43-65-45-33-58)20-22-59(34-46-66-47-35-60)48-51-7-4-3-5-8-51/h3-5,7-8,10-13H,2,6,9,14-49H2,1H3. The second-order valence-electron chi connectivity index (χ2n) is 18.7. The van der Waals surface area contributed by atoms with Gasteiger partial charge < -0.3 is 28.4 Å². The predicted molar refractivity (Wildman–Crippen MR) is 266 cm³/mol. The lowest BCUT2D eigenvalue weighted by atomic mass is 10.1. The fourth-order valence-corrected chi connectivity index (χ4v) is 9.35. The highest BCUT2D eigenvalue weighted by molar-refractivity contribution is 5.22. The normalized spacial score (nSPS) is 26.9. The summed E-state index contributed by atoms with van der Waals surface area (Å²) in [5.74, 6) is 0. The molecule has 6 fully saturated rings. The van der Waals surface area contributed by atoms with Crippen molar-refractivity contribution in [3.05, 3.63) is 71.3 Å². The summed E-state index contributed by atoms with van der Waals surface area (Å²) in [6, 6.07) is 20.3. The van der Waals surface area contributed by atoms with Crippen molar-refractivity contribution in [2.45, 2.75) is 39.3 Å². The molecule has 0 aliphatic carbocycles. The molecule has 0 radical (unpaired) electrons. The molecule has 6 saturated heterocycles. The van der Waals surface area contributed by atoms with Gasteiger partial charge in [0.25, 0.3) is 0 Å². The van der Waals surface area contributed by atoms with Crippen LogP contribution < -0.4 is 0 Å². The molecule has 0 N–H and O–H groups in total. The van der Waals surface area contributed by atoms with Gasteiger partial charge >= 0.3 is 0 Å². The largest absolute Gasteiger partial charge is 0.379 e. The van der Waals surface area contributed by atoms with Crippen molar-refractivity contribution in [2.24, 2.45) is 0 Å². The van der Waals surface area contributed by atoms with Crippen molar-refractivity contribution < 1.29 is 28.4 Å². The Labute approximate surface area is 400 Å². The van der Waals surface area contributed by atoms with Crippen LogP contribution in [0.3, 0.4) is 0 Å². The SMILES string of the molecule is CCCN1CCOCCN(CCCc2ccc(CN3CCOCCN(Cc4ccccc4)CCN4CCOCCN(CCOCC4)CC3)cc2)CCN2CCOCCN(CCOCC2)CC1. The van der Waals surface area contributed by atoms with E-state index >= 15 is 0 Å². The van der Waals surface area contributed by atoms with E-state index in [-0.39, 0.29) is 0 Å². The zero-order valence-corrected chi connectivity index (χ0v) is 41.3. The Kier molecular flexibility index (Phi) is 27.0. The maximum atomic E-state index is 6.40. The molecule has 0 aromatic heterocycles. The number of rotatable bonds is 10. The molecule has 0 saturated carbocycles. The molecular weight excluding hydrogens is 833 g/mol. The van der Waals surface area contributed by atoms with Crippen LogP contribution in [0.4, 0.5) is 0 Å². The fraction of sp³-hybridized carbons (Fsp3) is 0.769. The summed E-state index contributed by atoms with van der Waals surface area (Å²) in [7, 11) is 0. The number of hydrogen-bond donors (Lipinski definition) is 0. The number of fused-ring (bicyclic) bond motifs is 36. The molecule has 4 bridgehead atoms. The summed E-state index contributed by atoms with van der Waals surface area (Å²) in [4.78, 5) is 20.4. The second-order valence-corrected chi connectivity index (χ2v) is 18.7. The molecule has 0 amide bonds. The van der Waals surface area contributed by atoms with Crippen LogP contribution in [0.1, 0.15) is 36.5 Å². The third kappa shape index (κ3) is 22.5. The van der Waals surface area contributed by atoms with Crippen molar-refractivity contribution in [3.8, 4) is 0 Å². The highest BCUT2D eigenvalue weighted by Gasteiger charge is 2.17. The Balaban J connectivity index is 1.01. The first-order valence-electron chi connectivity index (χ1n) is 26.1. The Morgan fingerprint density at radius 1 is 0.318 bits per heavy atom. The minimum atomic E-state index is 0.729. The first-order valence-corrected chi connectivity index (χ1v) is 26.1. The van der Waals surface area contributed by atoms with E-state index in [9.17, 15) is 0 Å². The van der Waals surface area contributed by atoms with Gasteiger partial charge in [0.1, 0.15) is 0 Å². The van der Waals surface area contributed by atoms with E-state index in [1.165, 1.54) is 16.7 Å².